The molecule has 5 heteroatoms. The van der Waals surface area contributed by atoms with E-state index in [-0.39, 0.29) is 6.04 Å². The summed E-state index contributed by atoms with van der Waals surface area (Å²) >= 11 is 12.5. The third-order valence-electron chi connectivity index (χ3n) is 4.72. The average Bonchev–Trinajstić information content (AvgIpc) is 3.02. The molecule has 1 aromatic heterocycles. The standard InChI is InChI=1S/C21H16Cl2N2O/c22-18-3-1-14(2-4-18)11-25-12-17-9-16(15-5-7-24-8-6-15)10-19(23)21(17)20(25)13-26/h1-10,13,20H,11-12H2. The summed E-state index contributed by atoms with van der Waals surface area (Å²) in [5, 5.41) is 1.33. The van der Waals surface area contributed by atoms with Gasteiger partial charge in [0.05, 0.1) is 6.04 Å². The van der Waals surface area contributed by atoms with Crippen molar-refractivity contribution in [3.05, 3.63) is 87.7 Å². The lowest BCUT2D eigenvalue weighted by Gasteiger charge is -2.20. The Morgan fingerprint density at radius 1 is 1.04 bits per heavy atom. The molecule has 1 unspecified atom stereocenters. The molecule has 26 heavy (non-hydrogen) atoms. The number of pyridine rings is 1. The van der Waals surface area contributed by atoms with Crippen molar-refractivity contribution >= 4 is 29.5 Å². The highest BCUT2D eigenvalue weighted by Gasteiger charge is 2.32. The summed E-state index contributed by atoms with van der Waals surface area (Å²) < 4.78 is 0. The Hall–Kier alpha value is -2.20. The third kappa shape index (κ3) is 3.26. The van der Waals surface area contributed by atoms with Crippen LogP contribution >= 0.6 is 23.2 Å². The third-order valence-corrected chi connectivity index (χ3v) is 5.28. The molecule has 3 aromatic rings. The Bertz CT molecular complexity index is 942. The fourth-order valence-corrected chi connectivity index (χ4v) is 3.96. The van der Waals surface area contributed by atoms with Gasteiger partial charge in [-0.25, -0.2) is 0 Å². The van der Waals surface area contributed by atoms with Crippen LogP contribution in [0.5, 0.6) is 0 Å². The largest absolute Gasteiger partial charge is 0.301 e. The maximum absolute atomic E-state index is 11.8. The maximum atomic E-state index is 11.8. The van der Waals surface area contributed by atoms with Gasteiger partial charge < -0.3 is 4.79 Å². The molecule has 2 heterocycles. The van der Waals surface area contributed by atoms with Crippen molar-refractivity contribution in [1.29, 1.82) is 0 Å². The van der Waals surface area contributed by atoms with Crippen molar-refractivity contribution in [1.82, 2.24) is 9.88 Å². The monoisotopic (exact) mass is 382 g/mol. The van der Waals surface area contributed by atoms with Gasteiger partial charge >= 0.3 is 0 Å². The van der Waals surface area contributed by atoms with Gasteiger partial charge in [-0.2, -0.15) is 0 Å². The number of rotatable bonds is 4. The van der Waals surface area contributed by atoms with Gasteiger partial charge in [-0.05, 0) is 64.2 Å². The number of nitrogens with zero attached hydrogens (tertiary/aromatic N) is 2. The van der Waals surface area contributed by atoms with E-state index < -0.39 is 0 Å². The smallest absolute Gasteiger partial charge is 0.141 e. The van der Waals surface area contributed by atoms with Gasteiger partial charge in [-0.15, -0.1) is 0 Å². The van der Waals surface area contributed by atoms with Crippen LogP contribution in [0.15, 0.2) is 60.9 Å². The molecule has 0 aliphatic carbocycles. The molecule has 0 amide bonds. The fourth-order valence-electron chi connectivity index (χ4n) is 3.48. The van der Waals surface area contributed by atoms with Crippen molar-refractivity contribution < 1.29 is 4.79 Å². The first-order valence-corrected chi connectivity index (χ1v) is 9.08. The molecule has 1 atom stereocenters. The molecule has 2 aromatic carbocycles. The molecule has 0 saturated heterocycles. The number of hydrogen-bond acceptors (Lipinski definition) is 3. The maximum Gasteiger partial charge on any atom is 0.141 e. The highest BCUT2D eigenvalue weighted by atomic mass is 35.5. The zero-order valence-electron chi connectivity index (χ0n) is 13.9. The van der Waals surface area contributed by atoms with Crippen LogP contribution < -0.4 is 0 Å². The minimum Gasteiger partial charge on any atom is -0.301 e. The number of fused-ring (bicyclic) bond motifs is 1. The number of carbonyl (C=O) groups is 1. The number of carbonyl (C=O) groups excluding carboxylic acids is 1. The molecule has 1 aliphatic heterocycles. The molecule has 1 aliphatic rings. The van der Waals surface area contributed by atoms with Crippen LogP contribution in [0.25, 0.3) is 11.1 Å². The second-order valence-corrected chi connectivity index (χ2v) is 7.22. The van der Waals surface area contributed by atoms with Crippen molar-refractivity contribution in [3.63, 3.8) is 0 Å². The van der Waals surface area contributed by atoms with Crippen LogP contribution in [0.4, 0.5) is 0 Å². The molecule has 0 spiro atoms. The van der Waals surface area contributed by atoms with Crippen molar-refractivity contribution in [2.24, 2.45) is 0 Å². The number of hydrogen-bond donors (Lipinski definition) is 0. The second kappa shape index (κ2) is 7.20. The minimum atomic E-state index is -0.334. The van der Waals surface area contributed by atoms with E-state index in [4.69, 9.17) is 23.2 Å². The predicted molar refractivity (Wildman–Crippen MR) is 104 cm³/mol. The molecule has 0 saturated carbocycles. The van der Waals surface area contributed by atoms with Crippen LogP contribution in [-0.4, -0.2) is 16.2 Å². The van der Waals surface area contributed by atoms with Gasteiger partial charge in [-0.1, -0.05) is 35.3 Å². The molecule has 0 radical (unpaired) electrons. The Kier molecular flexibility index (Phi) is 4.77. The normalized spacial score (nSPS) is 16.5. The van der Waals surface area contributed by atoms with E-state index in [1.165, 1.54) is 0 Å². The molecular formula is C21H16Cl2N2O. The second-order valence-electron chi connectivity index (χ2n) is 6.38. The molecule has 0 bridgehead atoms. The van der Waals surface area contributed by atoms with Crippen LogP contribution in [0.1, 0.15) is 22.7 Å². The van der Waals surface area contributed by atoms with Crippen molar-refractivity contribution in [2.75, 3.05) is 0 Å². The highest BCUT2D eigenvalue weighted by molar-refractivity contribution is 6.32. The van der Waals surface area contributed by atoms with E-state index in [0.29, 0.717) is 23.1 Å². The first kappa shape index (κ1) is 17.2. The minimum absolute atomic E-state index is 0.334. The van der Waals surface area contributed by atoms with Gasteiger partial charge in [0.1, 0.15) is 6.29 Å². The Balaban J connectivity index is 1.67. The van der Waals surface area contributed by atoms with Crippen LogP contribution in [-0.2, 0) is 17.9 Å². The zero-order chi connectivity index (χ0) is 18.1. The van der Waals surface area contributed by atoms with E-state index in [1.54, 1.807) is 12.4 Å². The molecular weight excluding hydrogens is 367 g/mol. The lowest BCUT2D eigenvalue weighted by molar-refractivity contribution is -0.112. The van der Waals surface area contributed by atoms with E-state index in [2.05, 4.69) is 16.0 Å². The van der Waals surface area contributed by atoms with Crippen LogP contribution in [0, 0.1) is 0 Å². The summed E-state index contributed by atoms with van der Waals surface area (Å²) in [7, 11) is 0. The number of aldehydes is 1. The summed E-state index contributed by atoms with van der Waals surface area (Å²) in [6, 6.07) is 15.3. The molecule has 0 fully saturated rings. The van der Waals surface area contributed by atoms with E-state index >= 15 is 0 Å². The summed E-state index contributed by atoms with van der Waals surface area (Å²) in [6.07, 6.45) is 4.49. The Morgan fingerprint density at radius 3 is 2.46 bits per heavy atom. The average molecular weight is 383 g/mol. The quantitative estimate of drug-likeness (QED) is 0.573. The van der Waals surface area contributed by atoms with Gasteiger partial charge in [0.15, 0.2) is 0 Å². The number of halogens is 2. The molecule has 3 nitrogen and oxygen atoms in total. The summed E-state index contributed by atoms with van der Waals surface area (Å²) in [5.41, 5.74) is 5.21. The summed E-state index contributed by atoms with van der Waals surface area (Å²) in [4.78, 5) is 18.0. The van der Waals surface area contributed by atoms with E-state index in [9.17, 15) is 4.79 Å². The van der Waals surface area contributed by atoms with Crippen LogP contribution in [0.3, 0.4) is 0 Å². The topological polar surface area (TPSA) is 33.2 Å². The highest BCUT2D eigenvalue weighted by Crippen LogP contribution is 2.40. The summed E-state index contributed by atoms with van der Waals surface area (Å²) in [5.74, 6) is 0. The fraction of sp³-hybridized carbons (Fsp3) is 0.143. The molecule has 4 rings (SSSR count). The lowest BCUT2D eigenvalue weighted by Crippen LogP contribution is -2.22. The van der Waals surface area contributed by atoms with Crippen molar-refractivity contribution in [3.8, 4) is 11.1 Å². The van der Waals surface area contributed by atoms with E-state index in [0.717, 1.165) is 34.1 Å². The number of benzene rings is 2. The first-order chi connectivity index (χ1) is 12.7. The SMILES string of the molecule is O=CC1c2c(Cl)cc(-c3ccncc3)cc2CN1Cc1ccc(Cl)cc1. The van der Waals surface area contributed by atoms with Gasteiger partial charge in [0, 0.05) is 35.5 Å². The van der Waals surface area contributed by atoms with Gasteiger partial charge in [0.2, 0.25) is 0 Å². The Labute approximate surface area is 162 Å². The first-order valence-electron chi connectivity index (χ1n) is 8.32. The zero-order valence-corrected chi connectivity index (χ0v) is 15.4. The van der Waals surface area contributed by atoms with Crippen molar-refractivity contribution in [2.45, 2.75) is 19.1 Å². The molecule has 0 N–H and O–H groups in total. The summed E-state index contributed by atoms with van der Waals surface area (Å²) in [6.45, 7) is 1.34. The number of aromatic nitrogens is 1. The van der Waals surface area contributed by atoms with Gasteiger partial charge in [-0.3, -0.25) is 9.88 Å². The molecule has 130 valence electrons. The Morgan fingerprint density at radius 2 is 1.77 bits per heavy atom. The lowest BCUT2D eigenvalue weighted by atomic mass is 9.99. The predicted octanol–water partition coefficient (Wildman–Crippen LogP) is 5.31. The van der Waals surface area contributed by atoms with E-state index in [1.807, 2.05) is 42.5 Å². The van der Waals surface area contributed by atoms with Gasteiger partial charge in [0.25, 0.3) is 0 Å². The van der Waals surface area contributed by atoms with Crippen LogP contribution in [0.2, 0.25) is 10.0 Å².